The van der Waals surface area contributed by atoms with Crippen molar-refractivity contribution in [3.63, 3.8) is 0 Å². The number of rotatable bonds is 2. The third-order valence-corrected chi connectivity index (χ3v) is 2.62. The fourth-order valence-electron chi connectivity index (χ4n) is 1.88. The molecule has 76 valence electrons. The summed E-state index contributed by atoms with van der Waals surface area (Å²) >= 11 is 0. The van der Waals surface area contributed by atoms with E-state index >= 15 is 0 Å². The van der Waals surface area contributed by atoms with Crippen molar-refractivity contribution in [3.05, 3.63) is 35.9 Å². The number of hydrogen-bond acceptors (Lipinski definition) is 2. The van der Waals surface area contributed by atoms with Crippen LogP contribution in [0.5, 0.6) is 0 Å². The van der Waals surface area contributed by atoms with Crippen molar-refractivity contribution in [2.24, 2.45) is 0 Å². The lowest BCUT2D eigenvalue weighted by Crippen LogP contribution is -2.26. The highest BCUT2D eigenvalue weighted by Gasteiger charge is 2.39. The molecule has 0 amide bonds. The second-order valence-electron chi connectivity index (χ2n) is 3.71. The van der Waals surface area contributed by atoms with Crippen LogP contribution in [0, 0.1) is 0 Å². The van der Waals surface area contributed by atoms with Crippen molar-refractivity contribution in [2.45, 2.75) is 32.2 Å². The summed E-state index contributed by atoms with van der Waals surface area (Å²) in [5, 5.41) is 0. The van der Waals surface area contributed by atoms with Crippen molar-refractivity contribution in [2.75, 3.05) is 6.61 Å². The highest BCUT2D eigenvalue weighted by molar-refractivity contribution is 5.20. The molecule has 14 heavy (non-hydrogen) atoms. The van der Waals surface area contributed by atoms with Crippen LogP contribution in [0.4, 0.5) is 0 Å². The van der Waals surface area contributed by atoms with Gasteiger partial charge in [0.1, 0.15) is 0 Å². The van der Waals surface area contributed by atoms with E-state index in [-0.39, 0.29) is 6.10 Å². The topological polar surface area (TPSA) is 18.5 Å². The minimum absolute atomic E-state index is 0.190. The first-order chi connectivity index (χ1) is 6.77. The zero-order chi connectivity index (χ0) is 10.0. The SMILES string of the molecule is CC[C@@]1(c2ccccc2)OC[C@@H](C)O1. The Balaban J connectivity index is 2.30. The Bertz CT molecular complexity index is 296. The lowest BCUT2D eigenvalue weighted by molar-refractivity contribution is -0.177. The van der Waals surface area contributed by atoms with Crippen LogP contribution in [-0.2, 0) is 15.3 Å². The normalized spacial score (nSPS) is 32.0. The quantitative estimate of drug-likeness (QED) is 0.717. The maximum absolute atomic E-state index is 5.86. The van der Waals surface area contributed by atoms with Crippen LogP contribution in [-0.4, -0.2) is 12.7 Å². The minimum Gasteiger partial charge on any atom is -0.343 e. The standard InChI is InChI=1S/C12H16O2/c1-3-12(13-9-10(2)14-12)11-7-5-4-6-8-11/h4-8,10H,3,9H2,1-2H3/t10-,12-/m1/s1. The van der Waals surface area contributed by atoms with Gasteiger partial charge in [-0.3, -0.25) is 0 Å². The highest BCUT2D eigenvalue weighted by atomic mass is 16.7. The summed E-state index contributed by atoms with van der Waals surface area (Å²) < 4.78 is 11.6. The summed E-state index contributed by atoms with van der Waals surface area (Å²) in [7, 11) is 0. The predicted octanol–water partition coefficient (Wildman–Crippen LogP) is 2.68. The van der Waals surface area contributed by atoms with Gasteiger partial charge in [-0.05, 0) is 6.92 Å². The fraction of sp³-hybridized carbons (Fsp3) is 0.500. The zero-order valence-corrected chi connectivity index (χ0v) is 8.69. The summed E-state index contributed by atoms with van der Waals surface area (Å²) in [6.45, 7) is 4.81. The summed E-state index contributed by atoms with van der Waals surface area (Å²) in [4.78, 5) is 0. The maximum Gasteiger partial charge on any atom is 0.195 e. The Labute approximate surface area is 84.8 Å². The fourth-order valence-corrected chi connectivity index (χ4v) is 1.88. The average molecular weight is 192 g/mol. The van der Waals surface area contributed by atoms with Gasteiger partial charge in [-0.1, -0.05) is 37.3 Å². The predicted molar refractivity (Wildman–Crippen MR) is 54.9 cm³/mol. The molecule has 2 heteroatoms. The first-order valence-corrected chi connectivity index (χ1v) is 5.14. The molecule has 1 aromatic rings. The molecule has 0 unspecified atom stereocenters. The molecule has 0 radical (unpaired) electrons. The van der Waals surface area contributed by atoms with Crippen LogP contribution in [0.3, 0.4) is 0 Å². The molecule has 0 saturated carbocycles. The molecule has 1 fully saturated rings. The van der Waals surface area contributed by atoms with E-state index in [1.807, 2.05) is 25.1 Å². The van der Waals surface area contributed by atoms with Crippen molar-refractivity contribution < 1.29 is 9.47 Å². The summed E-state index contributed by atoms with van der Waals surface area (Å²) in [5.74, 6) is -0.499. The van der Waals surface area contributed by atoms with Crippen LogP contribution < -0.4 is 0 Å². The average Bonchev–Trinajstić information content (AvgIpc) is 2.63. The lowest BCUT2D eigenvalue weighted by Gasteiger charge is -2.26. The van der Waals surface area contributed by atoms with Gasteiger partial charge in [-0.15, -0.1) is 0 Å². The van der Waals surface area contributed by atoms with Crippen molar-refractivity contribution in [1.82, 2.24) is 0 Å². The van der Waals surface area contributed by atoms with Crippen molar-refractivity contribution >= 4 is 0 Å². The molecule has 1 aliphatic heterocycles. The van der Waals surface area contributed by atoms with Gasteiger partial charge in [-0.25, -0.2) is 0 Å². The third kappa shape index (κ3) is 1.56. The van der Waals surface area contributed by atoms with Gasteiger partial charge in [0.2, 0.25) is 0 Å². The van der Waals surface area contributed by atoms with E-state index in [9.17, 15) is 0 Å². The zero-order valence-electron chi connectivity index (χ0n) is 8.69. The van der Waals surface area contributed by atoms with E-state index in [1.165, 1.54) is 0 Å². The number of benzene rings is 1. The van der Waals surface area contributed by atoms with Crippen LogP contribution in [0.25, 0.3) is 0 Å². The Hall–Kier alpha value is -0.860. The molecule has 0 aliphatic carbocycles. The second kappa shape index (κ2) is 3.71. The van der Waals surface area contributed by atoms with Crippen molar-refractivity contribution in [3.8, 4) is 0 Å². The van der Waals surface area contributed by atoms with Gasteiger partial charge < -0.3 is 9.47 Å². The molecule has 1 saturated heterocycles. The van der Waals surface area contributed by atoms with Gasteiger partial charge in [0.15, 0.2) is 5.79 Å². The van der Waals surface area contributed by atoms with E-state index in [2.05, 4.69) is 19.1 Å². The van der Waals surface area contributed by atoms with Crippen LogP contribution in [0.15, 0.2) is 30.3 Å². The maximum atomic E-state index is 5.86. The van der Waals surface area contributed by atoms with Gasteiger partial charge in [0.05, 0.1) is 12.7 Å². The number of ether oxygens (including phenoxy) is 2. The van der Waals surface area contributed by atoms with E-state index < -0.39 is 5.79 Å². The largest absolute Gasteiger partial charge is 0.343 e. The minimum atomic E-state index is -0.499. The van der Waals surface area contributed by atoms with E-state index in [0.29, 0.717) is 6.61 Å². The molecule has 0 spiro atoms. The first kappa shape index (κ1) is 9.69. The summed E-state index contributed by atoms with van der Waals surface area (Å²) in [5.41, 5.74) is 1.12. The van der Waals surface area contributed by atoms with E-state index in [1.54, 1.807) is 0 Å². The summed E-state index contributed by atoms with van der Waals surface area (Å²) in [6, 6.07) is 10.2. The van der Waals surface area contributed by atoms with Crippen molar-refractivity contribution in [1.29, 1.82) is 0 Å². The second-order valence-corrected chi connectivity index (χ2v) is 3.71. The van der Waals surface area contributed by atoms with E-state index in [0.717, 1.165) is 12.0 Å². The molecule has 2 nitrogen and oxygen atoms in total. The van der Waals surface area contributed by atoms with Gasteiger partial charge in [0.25, 0.3) is 0 Å². The molecule has 1 aromatic carbocycles. The van der Waals surface area contributed by atoms with Crippen LogP contribution >= 0.6 is 0 Å². The third-order valence-electron chi connectivity index (χ3n) is 2.62. The lowest BCUT2D eigenvalue weighted by atomic mass is 10.0. The smallest absolute Gasteiger partial charge is 0.195 e. The highest BCUT2D eigenvalue weighted by Crippen LogP contribution is 2.36. The Kier molecular flexibility index (Phi) is 2.57. The van der Waals surface area contributed by atoms with Gasteiger partial charge in [-0.2, -0.15) is 0 Å². The van der Waals surface area contributed by atoms with Crippen LogP contribution in [0.1, 0.15) is 25.8 Å². The molecule has 0 N–H and O–H groups in total. The molecular formula is C12H16O2. The summed E-state index contributed by atoms with van der Waals surface area (Å²) in [6.07, 6.45) is 1.04. The molecular weight excluding hydrogens is 176 g/mol. The van der Waals surface area contributed by atoms with Crippen LogP contribution in [0.2, 0.25) is 0 Å². The number of hydrogen-bond donors (Lipinski definition) is 0. The molecule has 0 bridgehead atoms. The monoisotopic (exact) mass is 192 g/mol. The molecule has 1 heterocycles. The Morgan fingerprint density at radius 2 is 2.07 bits per heavy atom. The molecule has 2 rings (SSSR count). The molecule has 1 aliphatic rings. The molecule has 0 aromatic heterocycles. The van der Waals surface area contributed by atoms with Gasteiger partial charge in [0, 0.05) is 12.0 Å². The Morgan fingerprint density at radius 1 is 1.36 bits per heavy atom. The molecule has 2 atom stereocenters. The first-order valence-electron chi connectivity index (χ1n) is 5.14. The van der Waals surface area contributed by atoms with E-state index in [4.69, 9.17) is 9.47 Å². The Morgan fingerprint density at radius 3 is 2.57 bits per heavy atom. The van der Waals surface area contributed by atoms with Gasteiger partial charge >= 0.3 is 0 Å².